The number of ether oxygens (including phenoxy) is 1. The number of Topliss-reactive ketones (excluding diaryl/α,β-unsaturated/α-hetero) is 1. The molecule has 1 heterocycles. The standard InChI is InChI=1S/C31H37N3O2/c1-4-23-16-17-27(18-28(23)30-21(2)33-29(34-30)20-36-3)31(35)26-9-6-5-8-24(10-7-11-26)25-14-12-22(19-32)13-15-25/h12-18,24,26H,4-11,20H2,1-3H3,(H,33,34). The summed E-state index contributed by atoms with van der Waals surface area (Å²) in [5.41, 5.74) is 6.98. The maximum atomic E-state index is 13.7. The Balaban J connectivity index is 1.50. The number of benzene rings is 2. The van der Waals surface area contributed by atoms with Crippen LogP contribution in [0.5, 0.6) is 0 Å². The number of hydrogen-bond donors (Lipinski definition) is 1. The Morgan fingerprint density at radius 2 is 1.81 bits per heavy atom. The molecule has 2 atom stereocenters. The number of aryl methyl sites for hydroxylation is 2. The van der Waals surface area contributed by atoms with Gasteiger partial charge in [0.15, 0.2) is 5.78 Å². The van der Waals surface area contributed by atoms with Crippen LogP contribution in [0.25, 0.3) is 11.3 Å². The third-order valence-electron chi connectivity index (χ3n) is 7.59. The fourth-order valence-corrected chi connectivity index (χ4v) is 5.59. The highest BCUT2D eigenvalue weighted by molar-refractivity contribution is 5.99. The van der Waals surface area contributed by atoms with Crippen molar-refractivity contribution >= 4 is 5.78 Å². The van der Waals surface area contributed by atoms with Crippen LogP contribution in [0.1, 0.15) is 96.4 Å². The predicted molar refractivity (Wildman–Crippen MR) is 143 cm³/mol. The molecule has 1 N–H and O–H groups in total. The number of hydrogen-bond acceptors (Lipinski definition) is 4. The van der Waals surface area contributed by atoms with Gasteiger partial charge in [0.1, 0.15) is 12.4 Å². The van der Waals surface area contributed by atoms with Crippen molar-refractivity contribution in [2.24, 2.45) is 5.92 Å². The number of nitrogens with one attached hydrogen (secondary N) is 1. The zero-order valence-electron chi connectivity index (χ0n) is 21.8. The summed E-state index contributed by atoms with van der Waals surface area (Å²) in [6, 6.07) is 16.4. The molecule has 36 heavy (non-hydrogen) atoms. The summed E-state index contributed by atoms with van der Waals surface area (Å²) in [6.45, 7) is 4.60. The van der Waals surface area contributed by atoms with E-state index >= 15 is 0 Å². The van der Waals surface area contributed by atoms with Crippen LogP contribution in [0.3, 0.4) is 0 Å². The summed E-state index contributed by atoms with van der Waals surface area (Å²) in [5, 5.41) is 9.09. The molecule has 2 unspecified atom stereocenters. The molecule has 1 fully saturated rings. The van der Waals surface area contributed by atoms with Crippen molar-refractivity contribution in [3.63, 3.8) is 0 Å². The number of aromatic amines is 1. The van der Waals surface area contributed by atoms with E-state index in [1.54, 1.807) is 7.11 Å². The van der Waals surface area contributed by atoms with Crippen LogP contribution >= 0.6 is 0 Å². The van der Waals surface area contributed by atoms with Crippen LogP contribution in [-0.4, -0.2) is 22.9 Å². The van der Waals surface area contributed by atoms with E-state index in [9.17, 15) is 4.79 Å². The molecule has 0 radical (unpaired) electrons. The molecule has 5 nitrogen and oxygen atoms in total. The molecular weight excluding hydrogens is 446 g/mol. The fourth-order valence-electron chi connectivity index (χ4n) is 5.59. The number of carbonyl (C=O) groups is 1. The SMILES string of the molecule is CCc1ccc(C(=O)C2CCCCC(c3ccc(C#N)cc3)CCC2)cc1-c1nc(COC)[nH]c1C. The van der Waals surface area contributed by atoms with Crippen molar-refractivity contribution in [3.8, 4) is 17.3 Å². The summed E-state index contributed by atoms with van der Waals surface area (Å²) in [4.78, 5) is 21.8. The number of methoxy groups -OCH3 is 1. The lowest BCUT2D eigenvalue weighted by Gasteiger charge is -2.17. The second kappa shape index (κ2) is 12.1. The third kappa shape index (κ3) is 5.94. The van der Waals surface area contributed by atoms with Gasteiger partial charge in [0.05, 0.1) is 17.3 Å². The van der Waals surface area contributed by atoms with Crippen molar-refractivity contribution in [3.05, 3.63) is 76.2 Å². The van der Waals surface area contributed by atoms with Crippen LogP contribution in [0.15, 0.2) is 42.5 Å². The summed E-state index contributed by atoms with van der Waals surface area (Å²) >= 11 is 0. The number of ketones is 1. The average Bonchev–Trinajstić information content (AvgIpc) is 3.32. The average molecular weight is 484 g/mol. The molecule has 2 aromatic carbocycles. The fraction of sp³-hybridized carbons (Fsp3) is 0.452. The Labute approximate surface area is 214 Å². The maximum Gasteiger partial charge on any atom is 0.165 e. The number of H-pyrrole nitrogens is 1. The van der Waals surface area contributed by atoms with Gasteiger partial charge in [0, 0.05) is 29.8 Å². The van der Waals surface area contributed by atoms with Gasteiger partial charge < -0.3 is 9.72 Å². The third-order valence-corrected chi connectivity index (χ3v) is 7.59. The van der Waals surface area contributed by atoms with E-state index in [0.29, 0.717) is 18.1 Å². The van der Waals surface area contributed by atoms with Crippen molar-refractivity contribution in [1.29, 1.82) is 5.26 Å². The van der Waals surface area contributed by atoms with Gasteiger partial charge in [-0.25, -0.2) is 4.98 Å². The van der Waals surface area contributed by atoms with Crippen LogP contribution in [0.4, 0.5) is 0 Å². The maximum absolute atomic E-state index is 13.7. The second-order valence-electron chi connectivity index (χ2n) is 10.0. The van der Waals surface area contributed by atoms with Crippen LogP contribution in [0, 0.1) is 24.2 Å². The summed E-state index contributed by atoms with van der Waals surface area (Å²) in [5.74, 6) is 1.64. The van der Waals surface area contributed by atoms with Crippen LogP contribution in [0.2, 0.25) is 0 Å². The summed E-state index contributed by atoms with van der Waals surface area (Å²) in [7, 11) is 1.66. The van der Waals surface area contributed by atoms with Crippen molar-refractivity contribution in [1.82, 2.24) is 9.97 Å². The minimum Gasteiger partial charge on any atom is -0.377 e. The Bertz CT molecular complexity index is 1220. The number of nitrogens with zero attached hydrogens (tertiary/aromatic N) is 2. The zero-order valence-corrected chi connectivity index (χ0v) is 21.8. The molecular formula is C31H37N3O2. The molecule has 1 aliphatic rings. The molecule has 188 valence electrons. The first kappa shape index (κ1) is 25.9. The van der Waals surface area contributed by atoms with E-state index in [1.165, 1.54) is 11.1 Å². The molecule has 0 aliphatic heterocycles. The smallest absolute Gasteiger partial charge is 0.165 e. The van der Waals surface area contributed by atoms with Crippen LogP contribution < -0.4 is 0 Å². The number of rotatable bonds is 7. The number of aromatic nitrogens is 2. The van der Waals surface area contributed by atoms with E-state index in [2.05, 4.69) is 42.2 Å². The Morgan fingerprint density at radius 3 is 2.53 bits per heavy atom. The Morgan fingerprint density at radius 1 is 1.08 bits per heavy atom. The normalized spacial score (nSPS) is 18.6. The minimum atomic E-state index is 0.0642. The summed E-state index contributed by atoms with van der Waals surface area (Å²) < 4.78 is 5.25. The largest absolute Gasteiger partial charge is 0.377 e. The molecule has 1 aromatic heterocycles. The van der Waals surface area contributed by atoms with E-state index < -0.39 is 0 Å². The van der Waals surface area contributed by atoms with Crippen LogP contribution in [-0.2, 0) is 17.8 Å². The molecule has 3 aromatic rings. The molecule has 0 amide bonds. The number of nitriles is 1. The quantitative estimate of drug-likeness (QED) is 0.358. The van der Waals surface area contributed by atoms with Crippen molar-refractivity contribution in [2.75, 3.05) is 7.11 Å². The highest BCUT2D eigenvalue weighted by Crippen LogP contribution is 2.34. The first-order valence-electron chi connectivity index (χ1n) is 13.3. The molecule has 1 saturated carbocycles. The van der Waals surface area contributed by atoms with E-state index in [-0.39, 0.29) is 11.7 Å². The van der Waals surface area contributed by atoms with Gasteiger partial charge in [-0.1, -0.05) is 50.5 Å². The number of imidazole rings is 1. The molecule has 1 aliphatic carbocycles. The van der Waals surface area contributed by atoms with E-state index in [0.717, 1.165) is 79.7 Å². The minimum absolute atomic E-state index is 0.0642. The Kier molecular flexibility index (Phi) is 8.72. The molecule has 0 bridgehead atoms. The molecule has 0 spiro atoms. The van der Waals surface area contributed by atoms with E-state index in [1.807, 2.05) is 25.1 Å². The molecule has 4 rings (SSSR count). The van der Waals surface area contributed by atoms with Gasteiger partial charge in [-0.05, 0) is 74.3 Å². The first-order valence-corrected chi connectivity index (χ1v) is 13.3. The lowest BCUT2D eigenvalue weighted by Crippen LogP contribution is -2.15. The lowest BCUT2D eigenvalue weighted by molar-refractivity contribution is 0.0903. The highest BCUT2D eigenvalue weighted by Gasteiger charge is 2.24. The highest BCUT2D eigenvalue weighted by atomic mass is 16.5. The van der Waals surface area contributed by atoms with Crippen molar-refractivity contribution < 1.29 is 9.53 Å². The number of carbonyl (C=O) groups excluding carboxylic acids is 1. The van der Waals surface area contributed by atoms with Gasteiger partial charge >= 0.3 is 0 Å². The van der Waals surface area contributed by atoms with Gasteiger partial charge in [0.25, 0.3) is 0 Å². The zero-order chi connectivity index (χ0) is 25.5. The van der Waals surface area contributed by atoms with Crippen molar-refractivity contribution in [2.45, 2.75) is 77.7 Å². The predicted octanol–water partition coefficient (Wildman–Crippen LogP) is 7.29. The van der Waals surface area contributed by atoms with Gasteiger partial charge in [-0.2, -0.15) is 5.26 Å². The lowest BCUT2D eigenvalue weighted by atomic mass is 9.86. The van der Waals surface area contributed by atoms with Gasteiger partial charge in [0.2, 0.25) is 0 Å². The monoisotopic (exact) mass is 483 g/mol. The topological polar surface area (TPSA) is 78.8 Å². The van der Waals surface area contributed by atoms with Gasteiger partial charge in [-0.15, -0.1) is 0 Å². The molecule has 5 heteroatoms. The Hall–Kier alpha value is -3.23. The van der Waals surface area contributed by atoms with E-state index in [4.69, 9.17) is 15.0 Å². The second-order valence-corrected chi connectivity index (χ2v) is 10.0. The van der Waals surface area contributed by atoms with Gasteiger partial charge in [-0.3, -0.25) is 4.79 Å². The first-order chi connectivity index (χ1) is 17.5. The molecule has 0 saturated heterocycles. The summed E-state index contributed by atoms with van der Waals surface area (Å²) in [6.07, 6.45) is 8.23.